The molecule has 128 valence electrons. The van der Waals surface area contributed by atoms with Crippen LogP contribution in [0, 0.1) is 18.3 Å². The summed E-state index contributed by atoms with van der Waals surface area (Å²) < 4.78 is 5.09. The van der Waals surface area contributed by atoms with E-state index in [-0.39, 0.29) is 5.76 Å². The Labute approximate surface area is 148 Å². The van der Waals surface area contributed by atoms with E-state index in [0.717, 1.165) is 27.8 Å². The van der Waals surface area contributed by atoms with Crippen LogP contribution < -0.4 is 4.74 Å². The van der Waals surface area contributed by atoms with Crippen LogP contribution in [0.4, 0.5) is 0 Å². The molecule has 0 aliphatic heterocycles. The Morgan fingerprint density at radius 1 is 1.36 bits per heavy atom. The van der Waals surface area contributed by atoms with Crippen molar-refractivity contribution in [3.63, 3.8) is 0 Å². The fourth-order valence-electron chi connectivity index (χ4n) is 2.70. The average Bonchev–Trinajstić information content (AvgIpc) is 2.64. The molecule has 1 aromatic heterocycles. The molecule has 0 unspecified atom stereocenters. The third-order valence-electron chi connectivity index (χ3n) is 4.07. The second kappa shape index (κ2) is 8.16. The maximum Gasteiger partial charge on any atom is 0.212 e. The lowest BCUT2D eigenvalue weighted by atomic mass is 9.93. The predicted molar refractivity (Wildman–Crippen MR) is 99.5 cm³/mol. The number of aliphatic hydroxyl groups excluding tert-OH is 1. The zero-order valence-electron chi connectivity index (χ0n) is 15.0. The molecule has 2 aromatic rings. The van der Waals surface area contributed by atoms with Crippen LogP contribution in [0.1, 0.15) is 30.5 Å². The Kier molecular flexibility index (Phi) is 5.97. The number of methoxy groups -OCH3 is 1. The maximum atomic E-state index is 9.72. The molecule has 0 bridgehead atoms. The van der Waals surface area contributed by atoms with Crippen molar-refractivity contribution in [2.45, 2.75) is 27.2 Å². The summed E-state index contributed by atoms with van der Waals surface area (Å²) in [6, 6.07) is 9.94. The van der Waals surface area contributed by atoms with Crippen LogP contribution in [0.2, 0.25) is 0 Å². The quantitative estimate of drug-likeness (QED) is 0.624. The number of allylic oxidation sites excluding steroid dienone is 3. The highest BCUT2D eigenvalue weighted by atomic mass is 16.5. The maximum absolute atomic E-state index is 9.72. The number of benzene rings is 1. The second-order valence-electron chi connectivity index (χ2n) is 5.80. The molecule has 25 heavy (non-hydrogen) atoms. The second-order valence-corrected chi connectivity index (χ2v) is 5.80. The monoisotopic (exact) mass is 334 g/mol. The summed E-state index contributed by atoms with van der Waals surface area (Å²) in [6.07, 6.45) is 5.99. The van der Waals surface area contributed by atoms with Gasteiger partial charge in [-0.25, -0.2) is 4.98 Å². The summed E-state index contributed by atoms with van der Waals surface area (Å²) in [5, 5.41) is 19.3. The Morgan fingerprint density at radius 2 is 2.12 bits per heavy atom. The molecule has 0 aliphatic carbocycles. The van der Waals surface area contributed by atoms with Crippen LogP contribution in [0.5, 0.6) is 5.88 Å². The van der Waals surface area contributed by atoms with Crippen LogP contribution >= 0.6 is 0 Å². The van der Waals surface area contributed by atoms with Crippen LogP contribution in [-0.2, 0) is 6.42 Å². The number of rotatable bonds is 5. The third kappa shape index (κ3) is 4.27. The van der Waals surface area contributed by atoms with Gasteiger partial charge in [-0.1, -0.05) is 12.1 Å². The van der Waals surface area contributed by atoms with Crippen molar-refractivity contribution in [2.24, 2.45) is 0 Å². The van der Waals surface area contributed by atoms with Crippen molar-refractivity contribution in [2.75, 3.05) is 7.11 Å². The van der Waals surface area contributed by atoms with Crippen molar-refractivity contribution >= 4 is 0 Å². The van der Waals surface area contributed by atoms with Crippen LogP contribution in [0.3, 0.4) is 0 Å². The summed E-state index contributed by atoms with van der Waals surface area (Å²) in [5.41, 5.74) is 5.26. The van der Waals surface area contributed by atoms with Gasteiger partial charge >= 0.3 is 0 Å². The molecule has 0 fully saturated rings. The van der Waals surface area contributed by atoms with Gasteiger partial charge in [0.15, 0.2) is 0 Å². The van der Waals surface area contributed by atoms with Crippen molar-refractivity contribution in [1.82, 2.24) is 4.98 Å². The fourth-order valence-corrected chi connectivity index (χ4v) is 2.70. The molecule has 2 rings (SSSR count). The molecular weight excluding hydrogens is 312 g/mol. The fraction of sp³-hybridized carbons (Fsp3) is 0.238. The Hall–Kier alpha value is -3.06. The van der Waals surface area contributed by atoms with Crippen molar-refractivity contribution in [1.29, 1.82) is 5.26 Å². The largest absolute Gasteiger partial charge is 0.508 e. The number of aromatic nitrogens is 1. The first-order chi connectivity index (χ1) is 12.0. The van der Waals surface area contributed by atoms with E-state index in [9.17, 15) is 10.4 Å². The van der Waals surface area contributed by atoms with E-state index in [2.05, 4.69) is 17.1 Å². The minimum atomic E-state index is 0.276. The van der Waals surface area contributed by atoms with Crippen molar-refractivity contribution < 1.29 is 9.84 Å². The van der Waals surface area contributed by atoms with Gasteiger partial charge in [0.2, 0.25) is 5.88 Å². The number of hydrogen-bond acceptors (Lipinski definition) is 4. The van der Waals surface area contributed by atoms with Crippen molar-refractivity contribution in [3.05, 3.63) is 70.6 Å². The number of aliphatic hydroxyl groups is 1. The lowest BCUT2D eigenvalue weighted by molar-refractivity contribution is 0.398. The molecule has 0 radical (unpaired) electrons. The number of nitrogens with zero attached hydrogens (tertiary/aromatic N) is 2. The van der Waals surface area contributed by atoms with E-state index in [1.807, 2.05) is 32.1 Å². The minimum absolute atomic E-state index is 0.276. The van der Waals surface area contributed by atoms with Gasteiger partial charge in [0, 0.05) is 23.4 Å². The SMILES string of the molecule is C/C=C(O)\C(C)=C/Cc1cc(C)c(-c2ccc(OC)nc2)c(C#N)c1. The minimum Gasteiger partial charge on any atom is -0.508 e. The van der Waals surface area contributed by atoms with E-state index in [1.54, 1.807) is 32.4 Å². The van der Waals surface area contributed by atoms with E-state index in [4.69, 9.17) is 4.74 Å². The molecule has 0 saturated heterocycles. The van der Waals surface area contributed by atoms with Gasteiger partial charge in [-0.05, 0) is 62.1 Å². The number of pyridine rings is 1. The first-order valence-corrected chi connectivity index (χ1v) is 8.06. The summed E-state index contributed by atoms with van der Waals surface area (Å²) in [4.78, 5) is 4.23. The van der Waals surface area contributed by atoms with Crippen LogP contribution in [-0.4, -0.2) is 17.2 Å². The molecule has 4 heteroatoms. The predicted octanol–water partition coefficient (Wildman–Crippen LogP) is 4.89. The van der Waals surface area contributed by atoms with Crippen LogP contribution in [0.25, 0.3) is 11.1 Å². The molecular formula is C21H22N2O2. The summed E-state index contributed by atoms with van der Waals surface area (Å²) >= 11 is 0. The topological polar surface area (TPSA) is 66.1 Å². The first kappa shape index (κ1) is 18.3. The van der Waals surface area contributed by atoms with Gasteiger partial charge in [-0.3, -0.25) is 0 Å². The molecule has 1 aromatic carbocycles. The zero-order valence-corrected chi connectivity index (χ0v) is 15.0. The van der Waals surface area contributed by atoms with E-state index >= 15 is 0 Å². The van der Waals surface area contributed by atoms with Gasteiger partial charge in [0.05, 0.1) is 18.7 Å². The lowest BCUT2D eigenvalue weighted by Crippen LogP contribution is -1.95. The van der Waals surface area contributed by atoms with Gasteiger partial charge in [-0.15, -0.1) is 0 Å². The number of ether oxygens (including phenoxy) is 1. The molecule has 0 atom stereocenters. The Bertz CT molecular complexity index is 857. The van der Waals surface area contributed by atoms with Crippen molar-refractivity contribution in [3.8, 4) is 23.1 Å². The smallest absolute Gasteiger partial charge is 0.212 e. The summed E-state index contributed by atoms with van der Waals surface area (Å²) in [7, 11) is 1.57. The van der Waals surface area contributed by atoms with E-state index in [0.29, 0.717) is 17.9 Å². The van der Waals surface area contributed by atoms with Gasteiger partial charge in [-0.2, -0.15) is 5.26 Å². The number of hydrogen-bond donors (Lipinski definition) is 1. The normalized spacial score (nSPS) is 12.0. The molecule has 0 amide bonds. The lowest BCUT2D eigenvalue weighted by Gasteiger charge is -2.11. The standard InChI is InChI=1S/C21H22N2O2/c1-5-19(24)14(2)6-7-16-10-15(3)21(18(11-16)12-22)17-8-9-20(25-4)23-13-17/h5-6,8-11,13,24H,7H2,1-4H3/b14-6-,19-5+. The zero-order chi connectivity index (χ0) is 18.4. The molecule has 4 nitrogen and oxygen atoms in total. The highest BCUT2D eigenvalue weighted by Crippen LogP contribution is 2.29. The van der Waals surface area contributed by atoms with Gasteiger partial charge in [0.1, 0.15) is 5.76 Å². The van der Waals surface area contributed by atoms with Crippen LogP contribution in [0.15, 0.2) is 53.9 Å². The Morgan fingerprint density at radius 3 is 2.68 bits per heavy atom. The number of nitriles is 1. The highest BCUT2D eigenvalue weighted by Gasteiger charge is 2.11. The molecule has 1 N–H and O–H groups in total. The molecule has 0 aliphatic rings. The highest BCUT2D eigenvalue weighted by molar-refractivity contribution is 5.74. The summed E-state index contributed by atoms with van der Waals surface area (Å²) in [5.74, 6) is 0.819. The molecule has 0 saturated carbocycles. The average molecular weight is 334 g/mol. The Balaban J connectivity index is 2.40. The molecule has 0 spiro atoms. The first-order valence-electron chi connectivity index (χ1n) is 8.06. The van der Waals surface area contributed by atoms with E-state index in [1.165, 1.54) is 0 Å². The van der Waals surface area contributed by atoms with E-state index < -0.39 is 0 Å². The number of aryl methyl sites for hydroxylation is 1. The third-order valence-corrected chi connectivity index (χ3v) is 4.07. The van der Waals surface area contributed by atoms with Gasteiger partial charge < -0.3 is 9.84 Å². The van der Waals surface area contributed by atoms with Gasteiger partial charge in [0.25, 0.3) is 0 Å². The summed E-state index contributed by atoms with van der Waals surface area (Å²) in [6.45, 7) is 5.65. The molecule has 1 heterocycles.